The number of guanidine groups is 1. The van der Waals surface area contributed by atoms with Gasteiger partial charge < -0.3 is 20.6 Å². The SMILES string of the molecule is CCNC(=NCc1ccc(N2CCC(O)CC2)c(F)c1)NCCCC(C)C.I. The number of nitrogens with zero attached hydrogens (tertiary/aromatic N) is 2. The highest BCUT2D eigenvalue weighted by Gasteiger charge is 2.19. The Labute approximate surface area is 186 Å². The first-order chi connectivity index (χ1) is 13.0. The van der Waals surface area contributed by atoms with Crippen LogP contribution in [0.1, 0.15) is 52.0 Å². The van der Waals surface area contributed by atoms with Gasteiger partial charge >= 0.3 is 0 Å². The molecule has 1 aliphatic heterocycles. The number of hydrogen-bond donors (Lipinski definition) is 3. The molecule has 28 heavy (non-hydrogen) atoms. The van der Waals surface area contributed by atoms with Crippen LogP contribution < -0.4 is 15.5 Å². The van der Waals surface area contributed by atoms with Crippen LogP contribution in [0.15, 0.2) is 23.2 Å². The lowest BCUT2D eigenvalue weighted by molar-refractivity contribution is 0.145. The summed E-state index contributed by atoms with van der Waals surface area (Å²) in [4.78, 5) is 6.58. The molecule has 0 saturated carbocycles. The molecule has 7 heteroatoms. The van der Waals surface area contributed by atoms with Crippen LogP contribution in [0.3, 0.4) is 0 Å². The summed E-state index contributed by atoms with van der Waals surface area (Å²) in [6.45, 7) is 10.0. The normalized spacial score (nSPS) is 15.5. The molecule has 160 valence electrons. The summed E-state index contributed by atoms with van der Waals surface area (Å²) in [7, 11) is 0. The molecule has 1 aliphatic rings. The number of hydrogen-bond acceptors (Lipinski definition) is 3. The zero-order valence-corrected chi connectivity index (χ0v) is 19.7. The number of benzene rings is 1. The van der Waals surface area contributed by atoms with Crippen molar-refractivity contribution in [3.63, 3.8) is 0 Å². The number of aliphatic hydroxyl groups is 1. The van der Waals surface area contributed by atoms with E-state index >= 15 is 0 Å². The van der Waals surface area contributed by atoms with E-state index in [1.165, 1.54) is 6.42 Å². The molecule has 2 rings (SSSR count). The van der Waals surface area contributed by atoms with Crippen molar-refractivity contribution < 1.29 is 9.50 Å². The van der Waals surface area contributed by atoms with Crippen molar-refractivity contribution in [1.29, 1.82) is 0 Å². The molecule has 0 bridgehead atoms. The monoisotopic (exact) mass is 506 g/mol. The van der Waals surface area contributed by atoms with Gasteiger partial charge in [-0.15, -0.1) is 24.0 Å². The van der Waals surface area contributed by atoms with Crippen molar-refractivity contribution in [1.82, 2.24) is 10.6 Å². The van der Waals surface area contributed by atoms with E-state index in [-0.39, 0.29) is 35.9 Å². The van der Waals surface area contributed by atoms with Gasteiger partial charge in [-0.2, -0.15) is 0 Å². The molecular formula is C21H36FIN4O. The predicted octanol–water partition coefficient (Wildman–Crippen LogP) is 3.90. The molecule has 0 aliphatic carbocycles. The molecule has 0 amide bonds. The summed E-state index contributed by atoms with van der Waals surface area (Å²) < 4.78 is 14.5. The fourth-order valence-corrected chi connectivity index (χ4v) is 3.24. The molecule has 1 saturated heterocycles. The van der Waals surface area contributed by atoms with Gasteiger partial charge in [-0.25, -0.2) is 9.38 Å². The van der Waals surface area contributed by atoms with Gasteiger partial charge in [0, 0.05) is 26.2 Å². The van der Waals surface area contributed by atoms with Gasteiger partial charge in [0.1, 0.15) is 5.82 Å². The molecule has 1 fully saturated rings. The highest BCUT2D eigenvalue weighted by Crippen LogP contribution is 2.24. The molecule has 1 aromatic carbocycles. The third kappa shape index (κ3) is 8.51. The van der Waals surface area contributed by atoms with Gasteiger partial charge in [-0.1, -0.05) is 19.9 Å². The van der Waals surface area contributed by atoms with Gasteiger partial charge in [0.25, 0.3) is 0 Å². The van der Waals surface area contributed by atoms with E-state index in [1.807, 2.05) is 24.0 Å². The topological polar surface area (TPSA) is 59.9 Å². The van der Waals surface area contributed by atoms with E-state index in [4.69, 9.17) is 0 Å². The van der Waals surface area contributed by atoms with Crippen LogP contribution in [0.25, 0.3) is 0 Å². The Morgan fingerprint density at radius 1 is 1.29 bits per heavy atom. The minimum Gasteiger partial charge on any atom is -0.393 e. The van der Waals surface area contributed by atoms with Crippen LogP contribution in [0, 0.1) is 11.7 Å². The second kappa shape index (κ2) is 13.2. The quantitative estimate of drug-likeness (QED) is 0.217. The van der Waals surface area contributed by atoms with Gasteiger partial charge in [-0.3, -0.25) is 0 Å². The highest BCUT2D eigenvalue weighted by atomic mass is 127. The van der Waals surface area contributed by atoms with E-state index < -0.39 is 0 Å². The van der Waals surface area contributed by atoms with Crippen molar-refractivity contribution in [2.24, 2.45) is 10.9 Å². The number of anilines is 1. The van der Waals surface area contributed by atoms with Crippen LogP contribution in [0.5, 0.6) is 0 Å². The summed E-state index contributed by atoms with van der Waals surface area (Å²) in [5.41, 5.74) is 1.47. The number of aliphatic hydroxyl groups excluding tert-OH is 1. The summed E-state index contributed by atoms with van der Waals surface area (Å²) in [5.74, 6) is 1.26. The minimum absolute atomic E-state index is 0. The molecule has 0 spiro atoms. The lowest BCUT2D eigenvalue weighted by Gasteiger charge is -2.31. The number of rotatable bonds is 8. The van der Waals surface area contributed by atoms with Gasteiger partial charge in [0.15, 0.2) is 5.96 Å². The standard InChI is InChI=1S/C21H35FN4O.HI/c1-4-23-21(24-11-5-6-16(2)3)25-15-17-7-8-20(19(22)14-17)26-12-9-18(27)10-13-26;/h7-8,14,16,18,27H,4-6,9-13,15H2,1-3H3,(H2,23,24,25);1H. The van der Waals surface area contributed by atoms with Crippen LogP contribution in [0.4, 0.5) is 10.1 Å². The van der Waals surface area contributed by atoms with Gasteiger partial charge in [0.05, 0.1) is 18.3 Å². The van der Waals surface area contributed by atoms with Crippen molar-refractivity contribution in [3.8, 4) is 0 Å². The zero-order chi connectivity index (χ0) is 19.6. The fraction of sp³-hybridized carbons (Fsp3) is 0.667. The van der Waals surface area contributed by atoms with Crippen LogP contribution in [-0.4, -0.2) is 43.3 Å². The molecule has 0 aromatic heterocycles. The molecule has 0 atom stereocenters. The third-order valence-corrected chi connectivity index (χ3v) is 4.83. The smallest absolute Gasteiger partial charge is 0.191 e. The summed E-state index contributed by atoms with van der Waals surface area (Å²) in [6.07, 6.45) is 3.43. The van der Waals surface area contributed by atoms with E-state index in [9.17, 15) is 9.50 Å². The first kappa shape index (κ1) is 24.9. The average molecular weight is 506 g/mol. The molecule has 3 N–H and O–H groups in total. The van der Waals surface area contributed by atoms with Crippen molar-refractivity contribution >= 4 is 35.6 Å². The average Bonchev–Trinajstić information content (AvgIpc) is 2.64. The van der Waals surface area contributed by atoms with Gasteiger partial charge in [0.2, 0.25) is 0 Å². The van der Waals surface area contributed by atoms with Crippen molar-refractivity contribution in [2.75, 3.05) is 31.1 Å². The third-order valence-electron chi connectivity index (χ3n) is 4.83. The van der Waals surface area contributed by atoms with E-state index in [0.29, 0.717) is 44.1 Å². The second-order valence-corrected chi connectivity index (χ2v) is 7.66. The molecule has 0 radical (unpaired) electrons. The minimum atomic E-state index is -0.254. The van der Waals surface area contributed by atoms with E-state index in [2.05, 4.69) is 29.5 Å². The first-order valence-corrected chi connectivity index (χ1v) is 10.2. The molecular weight excluding hydrogens is 470 g/mol. The van der Waals surface area contributed by atoms with Crippen LogP contribution >= 0.6 is 24.0 Å². The lowest BCUT2D eigenvalue weighted by Crippen LogP contribution is -2.37. The Bertz CT molecular complexity index is 604. The summed E-state index contributed by atoms with van der Waals surface area (Å²) in [5, 5.41) is 16.2. The highest BCUT2D eigenvalue weighted by molar-refractivity contribution is 14.0. The fourth-order valence-electron chi connectivity index (χ4n) is 3.24. The van der Waals surface area contributed by atoms with Crippen LogP contribution in [0.2, 0.25) is 0 Å². The zero-order valence-electron chi connectivity index (χ0n) is 17.4. The maximum atomic E-state index is 14.5. The Balaban J connectivity index is 0.00000392. The van der Waals surface area contributed by atoms with Crippen molar-refractivity contribution in [3.05, 3.63) is 29.6 Å². The van der Waals surface area contributed by atoms with E-state index in [0.717, 1.165) is 31.0 Å². The maximum Gasteiger partial charge on any atom is 0.191 e. The number of halogens is 2. The summed E-state index contributed by atoms with van der Waals surface area (Å²) >= 11 is 0. The lowest BCUT2D eigenvalue weighted by atomic mass is 10.1. The van der Waals surface area contributed by atoms with Crippen molar-refractivity contribution in [2.45, 2.75) is 59.1 Å². The first-order valence-electron chi connectivity index (χ1n) is 10.2. The summed E-state index contributed by atoms with van der Waals surface area (Å²) in [6, 6.07) is 5.35. The Morgan fingerprint density at radius 3 is 2.61 bits per heavy atom. The Morgan fingerprint density at radius 2 is 2.00 bits per heavy atom. The molecule has 1 heterocycles. The molecule has 1 aromatic rings. The van der Waals surface area contributed by atoms with Crippen LogP contribution in [-0.2, 0) is 6.54 Å². The maximum absolute atomic E-state index is 14.5. The Hall–Kier alpha value is -1.09. The largest absolute Gasteiger partial charge is 0.393 e. The van der Waals surface area contributed by atoms with E-state index in [1.54, 1.807) is 6.07 Å². The predicted molar refractivity (Wildman–Crippen MR) is 126 cm³/mol. The molecule has 5 nitrogen and oxygen atoms in total. The van der Waals surface area contributed by atoms with Gasteiger partial charge in [-0.05, 0) is 56.2 Å². The number of piperidine rings is 1. The Kier molecular flexibility index (Phi) is 11.8. The number of nitrogens with one attached hydrogen (secondary N) is 2. The second-order valence-electron chi connectivity index (χ2n) is 7.66. The molecule has 0 unspecified atom stereocenters. The number of aliphatic imine (C=N–C) groups is 1.